The summed E-state index contributed by atoms with van der Waals surface area (Å²) in [4.78, 5) is 2.47. The van der Waals surface area contributed by atoms with Crippen LogP contribution in [0.3, 0.4) is 0 Å². The molecule has 2 aromatic rings. The number of rotatable bonds is 21. The van der Waals surface area contributed by atoms with Gasteiger partial charge in [-0.25, -0.2) is 4.39 Å². The summed E-state index contributed by atoms with van der Waals surface area (Å²) >= 11 is 0. The van der Waals surface area contributed by atoms with Gasteiger partial charge in [0.15, 0.2) is 11.5 Å². The van der Waals surface area contributed by atoms with Crippen molar-refractivity contribution >= 4 is 0 Å². The quantitative estimate of drug-likeness (QED) is 0.143. The van der Waals surface area contributed by atoms with Crippen molar-refractivity contribution in [2.24, 2.45) is 5.92 Å². The maximum Gasteiger partial charge on any atom is 0.161 e. The molecule has 1 N–H and O–H groups in total. The van der Waals surface area contributed by atoms with Gasteiger partial charge in [0.1, 0.15) is 5.82 Å². The van der Waals surface area contributed by atoms with E-state index >= 15 is 0 Å². The molecule has 44 heavy (non-hydrogen) atoms. The number of hydrogen-bond donors (Lipinski definition) is 1. The molecule has 1 aliphatic heterocycles. The summed E-state index contributed by atoms with van der Waals surface area (Å²) in [5.74, 6) is 1.26. The van der Waals surface area contributed by atoms with Crippen LogP contribution in [-0.4, -0.2) is 43.9 Å². The fraction of sp³-hybridized carbons (Fsp3) is 0.658. The van der Waals surface area contributed by atoms with Crippen molar-refractivity contribution in [2.75, 3.05) is 33.9 Å². The highest BCUT2D eigenvalue weighted by molar-refractivity contribution is 5.47. The Morgan fingerprint density at radius 3 is 1.98 bits per heavy atom. The minimum atomic E-state index is -0.560. The Balaban J connectivity index is 1.52. The number of piperidine rings is 1. The van der Waals surface area contributed by atoms with Gasteiger partial charge in [0.05, 0.1) is 31.8 Å². The van der Waals surface area contributed by atoms with Crippen LogP contribution in [-0.2, 0) is 5.41 Å². The largest absolute Gasteiger partial charge is 0.493 e. The third kappa shape index (κ3) is 11.1. The van der Waals surface area contributed by atoms with Crippen LogP contribution in [0.25, 0.3) is 0 Å². The van der Waals surface area contributed by atoms with Gasteiger partial charge in [0.2, 0.25) is 0 Å². The zero-order chi connectivity index (χ0) is 31.6. The van der Waals surface area contributed by atoms with E-state index in [1.54, 1.807) is 26.4 Å². The molecule has 3 rings (SSSR count). The number of hydrogen-bond acceptors (Lipinski definition) is 5. The van der Waals surface area contributed by atoms with E-state index in [1.165, 1.54) is 69.9 Å². The Hall–Kier alpha value is -2.62. The lowest BCUT2D eigenvalue weighted by atomic mass is 9.74. The van der Waals surface area contributed by atoms with Gasteiger partial charge in [-0.2, -0.15) is 5.26 Å². The molecule has 0 saturated carbocycles. The number of aliphatic hydroxyl groups excluding tert-OH is 1. The molecule has 1 heterocycles. The SMILES string of the molecule is CCCCCCCCCCCCCC(C#N)(CCCN1CCC(C(O)c2ccc(F)cc2)CC1)c1ccc(OC)c(OC)c1. The second-order valence-electron chi connectivity index (χ2n) is 12.8. The average Bonchev–Trinajstić information content (AvgIpc) is 3.06. The van der Waals surface area contributed by atoms with Crippen LogP contribution in [0.5, 0.6) is 11.5 Å². The average molecular weight is 609 g/mol. The second-order valence-corrected chi connectivity index (χ2v) is 12.8. The summed E-state index contributed by atoms with van der Waals surface area (Å²) in [6.45, 7) is 5.06. The van der Waals surface area contributed by atoms with Gasteiger partial charge < -0.3 is 19.5 Å². The van der Waals surface area contributed by atoms with Crippen LogP contribution in [0, 0.1) is 23.1 Å². The monoisotopic (exact) mass is 608 g/mol. The van der Waals surface area contributed by atoms with E-state index in [4.69, 9.17) is 9.47 Å². The highest BCUT2D eigenvalue weighted by Gasteiger charge is 2.33. The molecule has 1 fully saturated rings. The molecule has 0 aromatic heterocycles. The Bertz CT molecular complexity index is 1110. The van der Waals surface area contributed by atoms with Gasteiger partial charge in [-0.3, -0.25) is 0 Å². The molecule has 0 spiro atoms. The molecule has 5 nitrogen and oxygen atoms in total. The highest BCUT2D eigenvalue weighted by Crippen LogP contribution is 2.39. The number of ether oxygens (including phenoxy) is 2. The van der Waals surface area contributed by atoms with Crippen molar-refractivity contribution in [3.63, 3.8) is 0 Å². The van der Waals surface area contributed by atoms with Crippen molar-refractivity contribution in [3.8, 4) is 17.6 Å². The van der Waals surface area contributed by atoms with Gasteiger partial charge in [-0.05, 0) is 93.0 Å². The summed E-state index contributed by atoms with van der Waals surface area (Å²) in [6.07, 6.45) is 18.0. The molecule has 6 heteroatoms. The summed E-state index contributed by atoms with van der Waals surface area (Å²) in [5.41, 5.74) is 1.25. The van der Waals surface area contributed by atoms with E-state index in [0.29, 0.717) is 11.5 Å². The fourth-order valence-electron chi connectivity index (χ4n) is 6.84. The molecular formula is C38H57FN2O3. The Labute approximate surface area is 266 Å². The van der Waals surface area contributed by atoms with Gasteiger partial charge >= 0.3 is 0 Å². The number of nitrogens with zero attached hydrogens (tertiary/aromatic N) is 2. The minimum absolute atomic E-state index is 0.183. The lowest BCUT2D eigenvalue weighted by Crippen LogP contribution is -2.37. The summed E-state index contributed by atoms with van der Waals surface area (Å²) in [7, 11) is 3.29. The van der Waals surface area contributed by atoms with E-state index in [0.717, 1.165) is 75.7 Å². The Morgan fingerprint density at radius 2 is 1.41 bits per heavy atom. The molecule has 2 atom stereocenters. The van der Waals surface area contributed by atoms with Crippen LogP contribution in [0.2, 0.25) is 0 Å². The fourth-order valence-corrected chi connectivity index (χ4v) is 6.84. The first kappa shape index (κ1) is 35.9. The van der Waals surface area contributed by atoms with E-state index in [1.807, 2.05) is 18.2 Å². The number of likely N-dealkylation sites (tertiary alicyclic amines) is 1. The topological polar surface area (TPSA) is 65.7 Å². The zero-order valence-electron chi connectivity index (χ0n) is 27.7. The molecule has 1 saturated heterocycles. The summed E-state index contributed by atoms with van der Waals surface area (Å²) < 4.78 is 24.4. The predicted octanol–water partition coefficient (Wildman–Crippen LogP) is 9.53. The molecule has 1 aliphatic rings. The maximum absolute atomic E-state index is 13.3. The van der Waals surface area contributed by atoms with E-state index in [2.05, 4.69) is 17.9 Å². The molecule has 244 valence electrons. The van der Waals surface area contributed by atoms with Gasteiger partial charge in [0.25, 0.3) is 0 Å². The number of benzene rings is 2. The van der Waals surface area contributed by atoms with Crippen LogP contribution < -0.4 is 9.47 Å². The Morgan fingerprint density at radius 1 is 0.841 bits per heavy atom. The Kier molecular flexibility index (Phi) is 16.1. The normalized spacial score (nSPS) is 16.3. The smallest absolute Gasteiger partial charge is 0.161 e. The lowest BCUT2D eigenvalue weighted by Gasteiger charge is -2.35. The third-order valence-electron chi connectivity index (χ3n) is 9.73. The molecule has 0 aliphatic carbocycles. The van der Waals surface area contributed by atoms with Crippen molar-refractivity contribution in [1.82, 2.24) is 4.90 Å². The van der Waals surface area contributed by atoms with Crippen molar-refractivity contribution in [1.29, 1.82) is 5.26 Å². The first-order valence-corrected chi connectivity index (χ1v) is 17.3. The maximum atomic E-state index is 13.3. The van der Waals surface area contributed by atoms with E-state index < -0.39 is 11.5 Å². The van der Waals surface area contributed by atoms with Crippen LogP contribution >= 0.6 is 0 Å². The highest BCUT2D eigenvalue weighted by atomic mass is 19.1. The standard InChI is InChI=1S/C38H57FN2O3/c1-4-5-6-7-8-9-10-11-12-13-14-24-38(30-40,33-18-21-35(43-2)36(29-33)44-3)25-15-26-41-27-22-32(23-28-41)37(42)31-16-19-34(39)20-17-31/h16-21,29,32,37,42H,4-15,22-28H2,1-3H3. The van der Waals surface area contributed by atoms with Gasteiger partial charge in [0, 0.05) is 0 Å². The number of halogens is 1. The molecule has 0 bridgehead atoms. The van der Waals surface area contributed by atoms with Crippen LogP contribution in [0.4, 0.5) is 4.39 Å². The van der Waals surface area contributed by atoms with Crippen LogP contribution in [0.1, 0.15) is 127 Å². The first-order chi connectivity index (χ1) is 21.5. The van der Waals surface area contributed by atoms with Crippen LogP contribution in [0.15, 0.2) is 42.5 Å². The molecule has 0 radical (unpaired) electrons. The van der Waals surface area contributed by atoms with Crippen molar-refractivity contribution < 1.29 is 19.0 Å². The minimum Gasteiger partial charge on any atom is -0.493 e. The van der Waals surface area contributed by atoms with E-state index in [9.17, 15) is 14.8 Å². The van der Waals surface area contributed by atoms with Crippen molar-refractivity contribution in [2.45, 2.75) is 121 Å². The third-order valence-corrected chi connectivity index (χ3v) is 9.73. The summed E-state index contributed by atoms with van der Waals surface area (Å²) in [6, 6.07) is 15.0. The van der Waals surface area contributed by atoms with Crippen molar-refractivity contribution in [3.05, 3.63) is 59.4 Å². The second kappa shape index (κ2) is 19.7. The van der Waals surface area contributed by atoms with Gasteiger partial charge in [-0.1, -0.05) is 95.8 Å². The first-order valence-electron chi connectivity index (χ1n) is 17.3. The lowest BCUT2D eigenvalue weighted by molar-refractivity contribution is 0.0580. The molecule has 2 aromatic carbocycles. The number of unbranched alkanes of at least 4 members (excludes halogenated alkanes) is 10. The number of aliphatic hydroxyl groups is 1. The summed E-state index contributed by atoms with van der Waals surface area (Å²) in [5, 5.41) is 21.5. The molecular weight excluding hydrogens is 551 g/mol. The zero-order valence-corrected chi connectivity index (χ0v) is 27.7. The molecule has 0 amide bonds. The number of methoxy groups -OCH3 is 2. The van der Waals surface area contributed by atoms with Gasteiger partial charge in [-0.15, -0.1) is 0 Å². The van der Waals surface area contributed by atoms with E-state index in [-0.39, 0.29) is 11.7 Å². The molecule has 2 unspecified atom stereocenters. The predicted molar refractivity (Wildman–Crippen MR) is 178 cm³/mol. The number of nitriles is 1.